The molecule has 2 unspecified atom stereocenters. The number of nitrogens with two attached hydrogens (primary N) is 1. The molecule has 2 atom stereocenters. The maximum Gasteiger partial charge on any atom is 0.226 e. The number of ether oxygens (including phenoxy) is 1. The molecular formula is C18H29ClN2O2. The predicted molar refractivity (Wildman–Crippen MR) is 96.3 cm³/mol. The molecular weight excluding hydrogens is 312 g/mol. The molecule has 2 N–H and O–H groups in total. The molecule has 0 spiro atoms. The number of amides is 1. The fourth-order valence-electron chi connectivity index (χ4n) is 3.17. The largest absolute Gasteiger partial charge is 0.493 e. The van der Waals surface area contributed by atoms with Gasteiger partial charge in [0, 0.05) is 18.6 Å². The second-order valence-corrected chi connectivity index (χ2v) is 6.38. The number of nitrogens with zero attached hydrogens (tertiary/aromatic N) is 1. The molecule has 23 heavy (non-hydrogen) atoms. The summed E-state index contributed by atoms with van der Waals surface area (Å²) < 4.78 is 5.77. The van der Waals surface area contributed by atoms with Crippen LogP contribution in [0.2, 0.25) is 0 Å². The molecule has 0 bridgehead atoms. The lowest BCUT2D eigenvalue weighted by Crippen LogP contribution is -2.51. The van der Waals surface area contributed by atoms with Crippen molar-refractivity contribution < 1.29 is 9.53 Å². The van der Waals surface area contributed by atoms with E-state index in [9.17, 15) is 4.79 Å². The highest BCUT2D eigenvalue weighted by atomic mass is 35.5. The van der Waals surface area contributed by atoms with E-state index in [4.69, 9.17) is 10.5 Å². The van der Waals surface area contributed by atoms with Gasteiger partial charge in [-0.05, 0) is 51.7 Å². The molecule has 130 valence electrons. The molecule has 1 fully saturated rings. The van der Waals surface area contributed by atoms with E-state index in [2.05, 4.69) is 13.0 Å². The second-order valence-electron chi connectivity index (χ2n) is 6.38. The standard InChI is InChI=1S/C18H28N2O2.ClH/c1-13-7-8-17(14(2)12-13)22-11-9-18(21)20-10-5-4-6-16(20)15(3)19;/h7-8,12,15-16H,4-6,9-11,19H2,1-3H3;1H. The summed E-state index contributed by atoms with van der Waals surface area (Å²) in [6.45, 7) is 7.33. The van der Waals surface area contributed by atoms with Gasteiger partial charge in [0.2, 0.25) is 5.91 Å². The highest BCUT2D eigenvalue weighted by molar-refractivity contribution is 5.85. The molecule has 4 nitrogen and oxygen atoms in total. The van der Waals surface area contributed by atoms with E-state index in [1.807, 2.05) is 30.9 Å². The van der Waals surface area contributed by atoms with Crippen LogP contribution >= 0.6 is 12.4 Å². The molecule has 1 amide bonds. The van der Waals surface area contributed by atoms with Crippen LogP contribution in [0.4, 0.5) is 0 Å². The molecule has 1 aromatic carbocycles. The van der Waals surface area contributed by atoms with Gasteiger partial charge in [0.15, 0.2) is 0 Å². The van der Waals surface area contributed by atoms with Gasteiger partial charge in [-0.3, -0.25) is 4.79 Å². The zero-order valence-electron chi connectivity index (χ0n) is 14.4. The first-order chi connectivity index (χ1) is 10.5. The number of aryl methyl sites for hydroxylation is 2. The van der Waals surface area contributed by atoms with Gasteiger partial charge >= 0.3 is 0 Å². The number of rotatable bonds is 5. The number of hydrogen-bond donors (Lipinski definition) is 1. The Morgan fingerprint density at radius 2 is 2.13 bits per heavy atom. The first-order valence-electron chi connectivity index (χ1n) is 8.24. The summed E-state index contributed by atoms with van der Waals surface area (Å²) in [5.41, 5.74) is 8.35. The molecule has 0 radical (unpaired) electrons. The molecule has 0 saturated carbocycles. The van der Waals surface area contributed by atoms with Gasteiger partial charge in [0.05, 0.1) is 13.0 Å². The smallest absolute Gasteiger partial charge is 0.226 e. The van der Waals surface area contributed by atoms with E-state index in [0.29, 0.717) is 13.0 Å². The van der Waals surface area contributed by atoms with E-state index in [1.54, 1.807) is 0 Å². The highest BCUT2D eigenvalue weighted by Gasteiger charge is 2.28. The van der Waals surface area contributed by atoms with Crippen molar-refractivity contribution >= 4 is 18.3 Å². The number of carbonyl (C=O) groups excluding carboxylic acids is 1. The fraction of sp³-hybridized carbons (Fsp3) is 0.611. The van der Waals surface area contributed by atoms with Crippen molar-refractivity contribution in [1.82, 2.24) is 4.90 Å². The average molecular weight is 341 g/mol. The third kappa shape index (κ3) is 5.40. The van der Waals surface area contributed by atoms with Crippen molar-refractivity contribution in [3.8, 4) is 5.75 Å². The Kier molecular flexibility index (Phi) is 7.86. The van der Waals surface area contributed by atoms with Gasteiger partial charge in [0.25, 0.3) is 0 Å². The maximum atomic E-state index is 12.4. The summed E-state index contributed by atoms with van der Waals surface area (Å²) in [6, 6.07) is 6.31. The third-order valence-electron chi connectivity index (χ3n) is 4.38. The molecule has 2 rings (SSSR count). The van der Waals surface area contributed by atoms with E-state index in [0.717, 1.165) is 37.1 Å². The van der Waals surface area contributed by atoms with Gasteiger partial charge < -0.3 is 15.4 Å². The zero-order chi connectivity index (χ0) is 16.1. The molecule has 5 heteroatoms. The van der Waals surface area contributed by atoms with E-state index in [1.165, 1.54) is 5.56 Å². The van der Waals surface area contributed by atoms with Gasteiger partial charge in [-0.15, -0.1) is 12.4 Å². The maximum absolute atomic E-state index is 12.4. The normalized spacial score (nSPS) is 19.0. The molecule has 1 saturated heterocycles. The van der Waals surface area contributed by atoms with E-state index in [-0.39, 0.29) is 30.4 Å². The molecule has 1 aromatic rings. The summed E-state index contributed by atoms with van der Waals surface area (Å²) in [4.78, 5) is 14.4. The SMILES string of the molecule is Cc1ccc(OCCC(=O)N2CCCCC2C(C)N)c(C)c1.Cl. The molecule has 1 aliphatic rings. The number of piperidine rings is 1. The Labute approximate surface area is 145 Å². The van der Waals surface area contributed by atoms with Crippen LogP contribution in [0.15, 0.2) is 18.2 Å². The van der Waals surface area contributed by atoms with Crippen molar-refractivity contribution in [3.05, 3.63) is 29.3 Å². The highest BCUT2D eigenvalue weighted by Crippen LogP contribution is 2.21. The minimum atomic E-state index is 0. The van der Waals surface area contributed by atoms with Crippen LogP contribution in [0.3, 0.4) is 0 Å². The monoisotopic (exact) mass is 340 g/mol. The Bertz CT molecular complexity index is 520. The minimum Gasteiger partial charge on any atom is -0.493 e. The van der Waals surface area contributed by atoms with E-state index < -0.39 is 0 Å². The number of benzene rings is 1. The van der Waals surface area contributed by atoms with Crippen molar-refractivity contribution in [2.75, 3.05) is 13.2 Å². The van der Waals surface area contributed by atoms with Crippen molar-refractivity contribution in [1.29, 1.82) is 0 Å². The predicted octanol–water partition coefficient (Wildman–Crippen LogP) is 3.22. The number of carbonyl (C=O) groups is 1. The van der Waals surface area contributed by atoms with Crippen LogP contribution < -0.4 is 10.5 Å². The van der Waals surface area contributed by atoms with E-state index >= 15 is 0 Å². The van der Waals surface area contributed by atoms with Crippen LogP contribution in [-0.4, -0.2) is 36.0 Å². The summed E-state index contributed by atoms with van der Waals surface area (Å²) in [6.07, 6.45) is 3.67. The summed E-state index contributed by atoms with van der Waals surface area (Å²) in [7, 11) is 0. The summed E-state index contributed by atoms with van der Waals surface area (Å²) in [5.74, 6) is 1.02. The van der Waals surface area contributed by atoms with Gasteiger partial charge in [0.1, 0.15) is 5.75 Å². The van der Waals surface area contributed by atoms with Crippen LogP contribution in [0.1, 0.15) is 43.7 Å². The molecule has 1 aliphatic heterocycles. The van der Waals surface area contributed by atoms with Crippen molar-refractivity contribution in [3.63, 3.8) is 0 Å². The van der Waals surface area contributed by atoms with Gasteiger partial charge in [-0.2, -0.15) is 0 Å². The number of halogens is 1. The second kappa shape index (κ2) is 9.14. The van der Waals surface area contributed by atoms with Crippen LogP contribution in [0, 0.1) is 13.8 Å². The van der Waals surface area contributed by atoms with Crippen LogP contribution in [-0.2, 0) is 4.79 Å². The molecule has 1 heterocycles. The fourth-order valence-corrected chi connectivity index (χ4v) is 3.17. The summed E-state index contributed by atoms with van der Waals surface area (Å²) >= 11 is 0. The van der Waals surface area contributed by atoms with Crippen LogP contribution in [0.5, 0.6) is 5.75 Å². The third-order valence-corrected chi connectivity index (χ3v) is 4.38. The van der Waals surface area contributed by atoms with Gasteiger partial charge in [-0.1, -0.05) is 17.7 Å². The number of hydrogen-bond acceptors (Lipinski definition) is 3. The Morgan fingerprint density at radius 3 is 2.78 bits per heavy atom. The molecule has 0 aromatic heterocycles. The lowest BCUT2D eigenvalue weighted by Gasteiger charge is -2.38. The van der Waals surface area contributed by atoms with Crippen molar-refractivity contribution in [2.45, 2.75) is 58.5 Å². The average Bonchev–Trinajstić information content (AvgIpc) is 2.49. The Hall–Kier alpha value is -1.26. The first kappa shape index (κ1) is 19.8. The quantitative estimate of drug-likeness (QED) is 0.895. The van der Waals surface area contributed by atoms with Gasteiger partial charge in [-0.25, -0.2) is 0 Å². The minimum absolute atomic E-state index is 0. The topological polar surface area (TPSA) is 55.6 Å². The Morgan fingerprint density at radius 1 is 1.39 bits per heavy atom. The number of likely N-dealkylation sites (tertiary alicyclic amines) is 1. The summed E-state index contributed by atoms with van der Waals surface area (Å²) in [5, 5.41) is 0. The van der Waals surface area contributed by atoms with Crippen LogP contribution in [0.25, 0.3) is 0 Å². The molecule has 0 aliphatic carbocycles. The Balaban J connectivity index is 0.00000264. The zero-order valence-corrected chi connectivity index (χ0v) is 15.2. The lowest BCUT2D eigenvalue weighted by molar-refractivity contribution is -0.135. The lowest BCUT2D eigenvalue weighted by atomic mass is 9.96. The first-order valence-corrected chi connectivity index (χ1v) is 8.24. The van der Waals surface area contributed by atoms with Crippen molar-refractivity contribution in [2.24, 2.45) is 5.73 Å².